The van der Waals surface area contributed by atoms with E-state index in [-0.39, 0.29) is 27.1 Å². The Morgan fingerprint density at radius 1 is 0.970 bits per heavy atom. The third kappa shape index (κ3) is 4.41. The van der Waals surface area contributed by atoms with E-state index >= 15 is 0 Å². The van der Waals surface area contributed by atoms with Crippen LogP contribution < -0.4 is 20.3 Å². The van der Waals surface area contributed by atoms with Crippen LogP contribution in [0.15, 0.2) is 60.7 Å². The number of halogens is 2. The molecule has 2 N–H and O–H groups in total. The van der Waals surface area contributed by atoms with E-state index in [1.165, 1.54) is 19.2 Å². The lowest BCUT2D eigenvalue weighted by Gasteiger charge is -2.19. The topological polar surface area (TPSA) is 87.7 Å². The van der Waals surface area contributed by atoms with E-state index in [1.54, 1.807) is 48.5 Å². The van der Waals surface area contributed by atoms with Crippen molar-refractivity contribution in [1.29, 1.82) is 0 Å². The zero-order valence-corrected chi connectivity index (χ0v) is 19.3. The van der Waals surface area contributed by atoms with Gasteiger partial charge in [-0.25, -0.2) is 4.90 Å². The van der Waals surface area contributed by atoms with Gasteiger partial charge in [-0.05, 0) is 54.7 Å². The Balaban J connectivity index is 1.52. The van der Waals surface area contributed by atoms with Crippen LogP contribution in [0.5, 0.6) is 5.75 Å². The van der Waals surface area contributed by atoms with Crippen molar-refractivity contribution in [3.63, 3.8) is 0 Å². The molecule has 0 saturated carbocycles. The lowest BCUT2D eigenvalue weighted by atomic mass is 10.1. The number of hydrogen-bond donors (Lipinski definition) is 2. The first-order valence-electron chi connectivity index (χ1n) is 9.53. The summed E-state index contributed by atoms with van der Waals surface area (Å²) >= 11 is 17.1. The van der Waals surface area contributed by atoms with Crippen molar-refractivity contribution >= 4 is 69.6 Å². The Labute approximate surface area is 204 Å². The molecule has 4 rings (SSSR count). The number of nitrogens with zero attached hydrogens (tertiary/aromatic N) is 1. The smallest absolute Gasteiger partial charge is 0.266 e. The SMILES string of the molecule is COc1cc(NC(=S)NC(=O)c2ccc(Cl)cc2Cl)ccc1N1C(=O)c2ccccc2C1=O. The summed E-state index contributed by atoms with van der Waals surface area (Å²) in [7, 11) is 1.42. The van der Waals surface area contributed by atoms with E-state index in [9.17, 15) is 14.4 Å². The Morgan fingerprint density at radius 3 is 2.24 bits per heavy atom. The van der Waals surface area contributed by atoms with Crippen LogP contribution in [0.1, 0.15) is 31.1 Å². The Morgan fingerprint density at radius 2 is 1.64 bits per heavy atom. The van der Waals surface area contributed by atoms with E-state index in [0.29, 0.717) is 21.8 Å². The van der Waals surface area contributed by atoms with Gasteiger partial charge >= 0.3 is 0 Å². The number of anilines is 2. The van der Waals surface area contributed by atoms with Crippen LogP contribution >= 0.6 is 35.4 Å². The number of fused-ring (bicyclic) bond motifs is 1. The van der Waals surface area contributed by atoms with Crippen LogP contribution in [0.25, 0.3) is 0 Å². The zero-order valence-electron chi connectivity index (χ0n) is 17.0. The largest absolute Gasteiger partial charge is 0.494 e. The minimum atomic E-state index is -0.510. The molecule has 0 spiro atoms. The van der Waals surface area contributed by atoms with E-state index in [0.717, 1.165) is 4.90 Å². The van der Waals surface area contributed by atoms with Crippen molar-refractivity contribution in [3.8, 4) is 5.75 Å². The molecule has 33 heavy (non-hydrogen) atoms. The average molecular weight is 500 g/mol. The van der Waals surface area contributed by atoms with Crippen LogP contribution in [0.2, 0.25) is 10.0 Å². The zero-order chi connectivity index (χ0) is 23.7. The molecule has 1 heterocycles. The Hall–Kier alpha value is -3.46. The van der Waals surface area contributed by atoms with Gasteiger partial charge in [-0.2, -0.15) is 0 Å². The number of nitrogens with one attached hydrogen (secondary N) is 2. The van der Waals surface area contributed by atoms with Crippen molar-refractivity contribution < 1.29 is 19.1 Å². The van der Waals surface area contributed by atoms with E-state index < -0.39 is 17.7 Å². The molecular weight excluding hydrogens is 485 g/mol. The molecule has 1 aliphatic rings. The Kier molecular flexibility index (Phi) is 6.33. The van der Waals surface area contributed by atoms with Gasteiger partial charge in [-0.1, -0.05) is 35.3 Å². The van der Waals surface area contributed by atoms with Crippen molar-refractivity contribution in [1.82, 2.24) is 5.32 Å². The molecule has 0 unspecified atom stereocenters. The maximum Gasteiger partial charge on any atom is 0.266 e. The summed E-state index contributed by atoms with van der Waals surface area (Å²) in [5.41, 5.74) is 1.63. The molecule has 0 saturated heterocycles. The lowest BCUT2D eigenvalue weighted by Crippen LogP contribution is -2.34. The van der Waals surface area contributed by atoms with Crippen molar-refractivity contribution in [2.45, 2.75) is 0 Å². The number of carbonyl (C=O) groups excluding carboxylic acids is 3. The van der Waals surface area contributed by atoms with Gasteiger partial charge in [-0.15, -0.1) is 0 Å². The molecule has 3 amide bonds. The third-order valence-corrected chi connectivity index (χ3v) is 5.63. The molecule has 0 bridgehead atoms. The van der Waals surface area contributed by atoms with Crippen molar-refractivity contribution in [2.24, 2.45) is 0 Å². The highest BCUT2D eigenvalue weighted by Gasteiger charge is 2.37. The molecule has 0 fully saturated rings. The summed E-state index contributed by atoms with van der Waals surface area (Å²) in [5.74, 6) is -1.11. The van der Waals surface area contributed by atoms with Gasteiger partial charge in [0.2, 0.25) is 0 Å². The summed E-state index contributed by atoms with van der Waals surface area (Å²) in [6.07, 6.45) is 0. The summed E-state index contributed by atoms with van der Waals surface area (Å²) < 4.78 is 5.41. The highest BCUT2D eigenvalue weighted by molar-refractivity contribution is 7.80. The van der Waals surface area contributed by atoms with Crippen molar-refractivity contribution in [3.05, 3.63) is 87.4 Å². The minimum Gasteiger partial charge on any atom is -0.494 e. The predicted octanol–water partition coefficient (Wildman–Crippen LogP) is 4.93. The van der Waals surface area contributed by atoms with Gasteiger partial charge < -0.3 is 10.1 Å². The van der Waals surface area contributed by atoms with Crippen LogP contribution in [0.4, 0.5) is 11.4 Å². The summed E-state index contributed by atoms with van der Waals surface area (Å²) in [4.78, 5) is 39.1. The molecule has 0 aliphatic carbocycles. The Bertz CT molecular complexity index is 1290. The van der Waals surface area contributed by atoms with E-state index in [2.05, 4.69) is 10.6 Å². The lowest BCUT2D eigenvalue weighted by molar-refractivity contribution is 0.0922. The van der Waals surface area contributed by atoms with E-state index in [4.69, 9.17) is 40.2 Å². The highest BCUT2D eigenvalue weighted by atomic mass is 35.5. The first kappa shape index (κ1) is 22.7. The summed E-state index contributed by atoms with van der Waals surface area (Å²) in [5, 5.41) is 6.01. The number of rotatable bonds is 4. The van der Waals surface area contributed by atoms with Crippen LogP contribution in [0.3, 0.4) is 0 Å². The molecule has 7 nitrogen and oxygen atoms in total. The fourth-order valence-electron chi connectivity index (χ4n) is 3.35. The second kappa shape index (κ2) is 9.19. The molecule has 0 radical (unpaired) electrons. The first-order valence-corrected chi connectivity index (χ1v) is 10.7. The van der Waals surface area contributed by atoms with Gasteiger partial charge in [0.15, 0.2) is 5.11 Å². The van der Waals surface area contributed by atoms with Crippen LogP contribution in [-0.2, 0) is 0 Å². The van der Waals surface area contributed by atoms with Crippen molar-refractivity contribution in [2.75, 3.05) is 17.3 Å². The number of imide groups is 1. The van der Waals surface area contributed by atoms with Gasteiger partial charge in [-0.3, -0.25) is 19.7 Å². The number of amides is 3. The standard InChI is InChI=1S/C23H15Cl2N3O4S/c1-32-19-11-13(26-23(33)27-20(29)16-8-6-12(24)10-17(16)25)7-9-18(19)28-21(30)14-4-2-3-5-15(14)22(28)31/h2-11H,1H3,(H2,26,27,29,33). The maximum atomic E-state index is 12.8. The van der Waals surface area contributed by atoms with Crippen LogP contribution in [0, 0.1) is 0 Å². The number of ether oxygens (including phenoxy) is 1. The van der Waals surface area contributed by atoms with Gasteiger partial charge in [0.25, 0.3) is 17.7 Å². The highest BCUT2D eigenvalue weighted by Crippen LogP contribution is 2.36. The summed E-state index contributed by atoms with van der Waals surface area (Å²) in [6, 6.07) is 15.8. The molecular formula is C23H15Cl2N3O4S. The molecule has 0 aromatic heterocycles. The number of thiocarbonyl (C=S) groups is 1. The molecule has 10 heteroatoms. The molecule has 166 valence electrons. The minimum absolute atomic E-state index is 0.0153. The van der Waals surface area contributed by atoms with Crippen LogP contribution in [-0.4, -0.2) is 29.9 Å². The maximum absolute atomic E-state index is 12.8. The molecule has 0 atom stereocenters. The monoisotopic (exact) mass is 499 g/mol. The molecule has 3 aromatic carbocycles. The summed E-state index contributed by atoms with van der Waals surface area (Å²) in [6.45, 7) is 0. The second-order valence-corrected chi connectivity index (χ2v) is 8.16. The third-order valence-electron chi connectivity index (χ3n) is 4.88. The van der Waals surface area contributed by atoms with E-state index in [1.807, 2.05) is 0 Å². The molecule has 3 aromatic rings. The number of benzene rings is 3. The second-order valence-electron chi connectivity index (χ2n) is 6.91. The van der Waals surface area contributed by atoms with Gasteiger partial charge in [0.05, 0.1) is 34.5 Å². The first-order chi connectivity index (χ1) is 15.8. The fraction of sp³-hybridized carbons (Fsp3) is 0.0435. The van der Waals surface area contributed by atoms with Gasteiger partial charge in [0.1, 0.15) is 5.75 Å². The number of methoxy groups -OCH3 is 1. The normalized spacial score (nSPS) is 12.4. The molecule has 1 aliphatic heterocycles. The number of hydrogen-bond acceptors (Lipinski definition) is 5. The number of carbonyl (C=O) groups is 3. The van der Waals surface area contributed by atoms with Gasteiger partial charge in [0, 0.05) is 16.8 Å². The fourth-order valence-corrected chi connectivity index (χ4v) is 4.06. The predicted molar refractivity (Wildman–Crippen MR) is 131 cm³/mol. The average Bonchev–Trinajstić information content (AvgIpc) is 3.04. The quantitative estimate of drug-likeness (QED) is 0.390.